The number of imidazole rings is 1. The summed E-state index contributed by atoms with van der Waals surface area (Å²) in [5, 5.41) is 0. The molecule has 1 aromatic heterocycles. The van der Waals surface area contributed by atoms with Crippen LogP contribution >= 0.6 is 12.2 Å². The van der Waals surface area contributed by atoms with Gasteiger partial charge in [-0.3, -0.25) is 0 Å². The topological polar surface area (TPSA) is 20.7 Å². The number of hydrogen-bond acceptors (Lipinski definition) is 1. The molecule has 0 aliphatic rings. The molecule has 0 fully saturated rings. The summed E-state index contributed by atoms with van der Waals surface area (Å²) in [7, 11) is 0. The predicted molar refractivity (Wildman–Crippen MR) is 63.0 cm³/mol. The quantitative estimate of drug-likeness (QED) is 0.583. The van der Waals surface area contributed by atoms with E-state index >= 15 is 0 Å². The fourth-order valence-electron chi connectivity index (χ4n) is 1.58. The van der Waals surface area contributed by atoms with Gasteiger partial charge >= 0.3 is 0 Å². The third kappa shape index (κ3) is 3.29. The third-order valence-electron chi connectivity index (χ3n) is 2.49. The SMILES string of the molecule is Cc1c[nH]c(=S)n1CCCCC(C)C. The van der Waals surface area contributed by atoms with E-state index in [4.69, 9.17) is 12.2 Å². The van der Waals surface area contributed by atoms with Crippen LogP contribution in [-0.4, -0.2) is 9.55 Å². The maximum Gasteiger partial charge on any atom is 0.177 e. The molecular weight excluding hydrogens is 192 g/mol. The van der Waals surface area contributed by atoms with Crippen molar-refractivity contribution >= 4 is 12.2 Å². The zero-order chi connectivity index (χ0) is 10.6. The van der Waals surface area contributed by atoms with E-state index in [-0.39, 0.29) is 0 Å². The van der Waals surface area contributed by atoms with E-state index in [9.17, 15) is 0 Å². The van der Waals surface area contributed by atoms with Gasteiger partial charge in [0.25, 0.3) is 0 Å². The summed E-state index contributed by atoms with van der Waals surface area (Å²) in [6, 6.07) is 0. The lowest BCUT2D eigenvalue weighted by Gasteiger charge is -2.06. The maximum atomic E-state index is 5.18. The smallest absolute Gasteiger partial charge is 0.177 e. The van der Waals surface area contributed by atoms with E-state index < -0.39 is 0 Å². The summed E-state index contributed by atoms with van der Waals surface area (Å²) in [6.45, 7) is 7.69. The lowest BCUT2D eigenvalue weighted by Crippen LogP contribution is -2.00. The Balaban J connectivity index is 2.35. The molecule has 0 atom stereocenters. The van der Waals surface area contributed by atoms with Crippen molar-refractivity contribution in [1.82, 2.24) is 9.55 Å². The van der Waals surface area contributed by atoms with E-state index in [0.29, 0.717) is 0 Å². The maximum absolute atomic E-state index is 5.18. The fourth-order valence-corrected chi connectivity index (χ4v) is 1.88. The molecule has 0 radical (unpaired) electrons. The number of aromatic nitrogens is 2. The summed E-state index contributed by atoms with van der Waals surface area (Å²) in [4.78, 5) is 3.06. The molecule has 0 unspecified atom stereocenters. The van der Waals surface area contributed by atoms with Crippen molar-refractivity contribution in [3.05, 3.63) is 16.7 Å². The van der Waals surface area contributed by atoms with Crippen molar-refractivity contribution in [3.63, 3.8) is 0 Å². The van der Waals surface area contributed by atoms with Gasteiger partial charge in [-0.1, -0.05) is 26.7 Å². The van der Waals surface area contributed by atoms with Crippen LogP contribution in [0.1, 0.15) is 38.8 Å². The lowest BCUT2D eigenvalue weighted by molar-refractivity contribution is 0.505. The minimum absolute atomic E-state index is 0.815. The summed E-state index contributed by atoms with van der Waals surface area (Å²) < 4.78 is 3.03. The molecule has 1 N–H and O–H groups in total. The normalized spacial score (nSPS) is 11.1. The molecule has 1 heterocycles. The van der Waals surface area contributed by atoms with Crippen molar-refractivity contribution in [2.45, 2.75) is 46.6 Å². The Morgan fingerprint density at radius 2 is 2.14 bits per heavy atom. The fraction of sp³-hybridized carbons (Fsp3) is 0.727. The third-order valence-corrected chi connectivity index (χ3v) is 2.83. The first-order chi connectivity index (χ1) is 6.61. The number of rotatable bonds is 5. The predicted octanol–water partition coefficient (Wildman–Crippen LogP) is 3.68. The number of unbranched alkanes of at least 4 members (excludes halogenated alkanes) is 1. The summed E-state index contributed by atoms with van der Waals surface area (Å²) >= 11 is 5.18. The number of nitrogens with one attached hydrogen (secondary N) is 1. The van der Waals surface area contributed by atoms with Crippen LogP contribution in [0.3, 0.4) is 0 Å². The standard InChI is InChI=1S/C11H20N2S/c1-9(2)6-4-5-7-13-10(3)8-12-11(13)14/h8-9H,4-7H2,1-3H3,(H,12,14). The van der Waals surface area contributed by atoms with Gasteiger partial charge in [-0.2, -0.15) is 0 Å². The van der Waals surface area contributed by atoms with E-state index in [1.54, 1.807) is 0 Å². The van der Waals surface area contributed by atoms with Crippen molar-refractivity contribution in [2.24, 2.45) is 5.92 Å². The summed E-state index contributed by atoms with van der Waals surface area (Å²) in [5.74, 6) is 0.815. The molecule has 1 rings (SSSR count). The van der Waals surface area contributed by atoms with Gasteiger partial charge in [0.05, 0.1) is 0 Å². The van der Waals surface area contributed by atoms with E-state index in [2.05, 4.69) is 30.3 Å². The zero-order valence-electron chi connectivity index (χ0n) is 9.34. The van der Waals surface area contributed by atoms with Crippen LogP contribution in [0.5, 0.6) is 0 Å². The van der Waals surface area contributed by atoms with Gasteiger partial charge in [0.1, 0.15) is 0 Å². The van der Waals surface area contributed by atoms with Crippen molar-refractivity contribution in [3.8, 4) is 0 Å². The second-order valence-corrected chi connectivity index (χ2v) is 4.66. The molecule has 3 heteroatoms. The highest BCUT2D eigenvalue weighted by molar-refractivity contribution is 7.71. The molecule has 0 amide bonds. The van der Waals surface area contributed by atoms with Crippen LogP contribution in [0, 0.1) is 17.6 Å². The Kier molecular flexibility index (Phi) is 4.39. The van der Waals surface area contributed by atoms with Gasteiger partial charge in [-0.05, 0) is 31.5 Å². The molecule has 0 saturated carbocycles. The van der Waals surface area contributed by atoms with Crippen LogP contribution in [-0.2, 0) is 6.54 Å². The molecule has 0 spiro atoms. The minimum atomic E-state index is 0.815. The monoisotopic (exact) mass is 212 g/mol. The molecule has 0 bridgehead atoms. The lowest BCUT2D eigenvalue weighted by atomic mass is 10.1. The Morgan fingerprint density at radius 1 is 1.43 bits per heavy atom. The molecule has 0 aromatic carbocycles. The largest absolute Gasteiger partial charge is 0.337 e. The number of aromatic amines is 1. The van der Waals surface area contributed by atoms with Crippen LogP contribution in [0.15, 0.2) is 6.20 Å². The van der Waals surface area contributed by atoms with Crippen molar-refractivity contribution in [2.75, 3.05) is 0 Å². The zero-order valence-corrected chi connectivity index (χ0v) is 10.2. The highest BCUT2D eigenvalue weighted by atomic mass is 32.1. The van der Waals surface area contributed by atoms with Gasteiger partial charge in [0.15, 0.2) is 4.77 Å². The average molecular weight is 212 g/mol. The van der Waals surface area contributed by atoms with E-state index in [1.807, 2.05) is 6.20 Å². The van der Waals surface area contributed by atoms with Crippen molar-refractivity contribution in [1.29, 1.82) is 0 Å². The van der Waals surface area contributed by atoms with Gasteiger partial charge in [-0.25, -0.2) is 0 Å². The van der Waals surface area contributed by atoms with Gasteiger partial charge in [-0.15, -0.1) is 0 Å². The van der Waals surface area contributed by atoms with Gasteiger partial charge < -0.3 is 9.55 Å². The Bertz CT molecular complexity index is 322. The molecule has 0 saturated heterocycles. The van der Waals surface area contributed by atoms with Gasteiger partial charge in [0.2, 0.25) is 0 Å². The molecule has 0 aliphatic carbocycles. The molecular formula is C11H20N2S. The van der Waals surface area contributed by atoms with Crippen molar-refractivity contribution < 1.29 is 0 Å². The first-order valence-electron chi connectivity index (χ1n) is 5.36. The van der Waals surface area contributed by atoms with Crippen LogP contribution < -0.4 is 0 Å². The Morgan fingerprint density at radius 3 is 2.64 bits per heavy atom. The second kappa shape index (κ2) is 5.35. The van der Waals surface area contributed by atoms with Crippen LogP contribution in [0.4, 0.5) is 0 Å². The number of H-pyrrole nitrogens is 1. The second-order valence-electron chi connectivity index (χ2n) is 4.28. The van der Waals surface area contributed by atoms with E-state index in [1.165, 1.54) is 25.0 Å². The Labute approximate surface area is 91.3 Å². The summed E-state index contributed by atoms with van der Waals surface area (Å²) in [5.41, 5.74) is 1.24. The van der Waals surface area contributed by atoms with E-state index in [0.717, 1.165) is 17.2 Å². The van der Waals surface area contributed by atoms with Gasteiger partial charge in [0, 0.05) is 18.4 Å². The molecule has 1 aromatic rings. The number of nitrogens with zero attached hydrogens (tertiary/aromatic N) is 1. The number of hydrogen-bond donors (Lipinski definition) is 1. The first kappa shape index (κ1) is 11.5. The highest BCUT2D eigenvalue weighted by Gasteiger charge is 1.99. The molecule has 80 valence electrons. The highest BCUT2D eigenvalue weighted by Crippen LogP contribution is 2.08. The molecule has 0 aliphatic heterocycles. The van der Waals surface area contributed by atoms with Crippen LogP contribution in [0.25, 0.3) is 0 Å². The number of aryl methyl sites for hydroxylation is 1. The molecule has 14 heavy (non-hydrogen) atoms. The Hall–Kier alpha value is -0.570. The summed E-state index contributed by atoms with van der Waals surface area (Å²) in [6.07, 6.45) is 5.82. The average Bonchev–Trinajstić information content (AvgIpc) is 2.42. The van der Waals surface area contributed by atoms with Crippen LogP contribution in [0.2, 0.25) is 0 Å². The minimum Gasteiger partial charge on any atom is -0.337 e. The molecule has 2 nitrogen and oxygen atoms in total. The first-order valence-corrected chi connectivity index (χ1v) is 5.77.